The third-order valence-electron chi connectivity index (χ3n) is 6.33. The normalized spacial score (nSPS) is 21.1. The quantitative estimate of drug-likeness (QED) is 0.422. The van der Waals surface area contributed by atoms with Gasteiger partial charge in [0.15, 0.2) is 0 Å². The van der Waals surface area contributed by atoms with E-state index in [0.717, 1.165) is 23.7 Å². The molecular formula is C20H40. The average Bonchev–Trinajstić information content (AvgIpc) is 2.44. The molecule has 20 heavy (non-hydrogen) atoms. The van der Waals surface area contributed by atoms with Crippen LogP contribution in [-0.4, -0.2) is 0 Å². The zero-order chi connectivity index (χ0) is 16.0. The molecule has 120 valence electrons. The van der Waals surface area contributed by atoms with Gasteiger partial charge in [-0.05, 0) is 49.4 Å². The molecule has 0 saturated heterocycles. The summed E-state index contributed by atoms with van der Waals surface area (Å²) in [6, 6.07) is 0. The van der Waals surface area contributed by atoms with Crippen LogP contribution in [0.5, 0.6) is 0 Å². The zero-order valence-corrected chi connectivity index (χ0v) is 15.9. The Bertz CT molecular complexity index is 297. The van der Waals surface area contributed by atoms with Crippen molar-refractivity contribution in [3.63, 3.8) is 0 Å². The Morgan fingerprint density at radius 1 is 0.700 bits per heavy atom. The Kier molecular flexibility index (Phi) is 8.79. The third kappa shape index (κ3) is 4.93. The Balaban J connectivity index is 5.18. The maximum absolute atomic E-state index is 2.45. The van der Waals surface area contributed by atoms with Crippen LogP contribution in [-0.2, 0) is 0 Å². The van der Waals surface area contributed by atoms with Gasteiger partial charge in [0, 0.05) is 0 Å². The van der Waals surface area contributed by atoms with Crippen LogP contribution in [0.3, 0.4) is 0 Å². The van der Waals surface area contributed by atoms with Gasteiger partial charge in [0.1, 0.15) is 0 Å². The highest BCUT2D eigenvalue weighted by Crippen LogP contribution is 2.36. The molecule has 0 aromatic heterocycles. The highest BCUT2D eigenvalue weighted by atomic mass is 14.3. The van der Waals surface area contributed by atoms with E-state index in [9.17, 15) is 0 Å². The molecule has 5 unspecified atom stereocenters. The lowest BCUT2D eigenvalue weighted by Crippen LogP contribution is -2.25. The fourth-order valence-corrected chi connectivity index (χ4v) is 3.49. The van der Waals surface area contributed by atoms with E-state index >= 15 is 0 Å². The largest absolute Gasteiger partial charge is 0.0710 e. The first-order valence-corrected chi connectivity index (χ1v) is 8.86. The summed E-state index contributed by atoms with van der Waals surface area (Å²) in [5.41, 5.74) is 3.29. The Morgan fingerprint density at radius 3 is 1.50 bits per heavy atom. The van der Waals surface area contributed by atoms with Gasteiger partial charge in [-0.3, -0.25) is 0 Å². The second-order valence-electron chi connectivity index (χ2n) is 7.50. The molecule has 0 saturated carbocycles. The Labute approximate surface area is 129 Å². The second-order valence-corrected chi connectivity index (χ2v) is 7.50. The first-order chi connectivity index (χ1) is 9.18. The van der Waals surface area contributed by atoms with Crippen molar-refractivity contribution in [2.75, 3.05) is 0 Å². The molecule has 0 aromatic rings. The molecule has 0 spiro atoms. The van der Waals surface area contributed by atoms with Crippen LogP contribution < -0.4 is 0 Å². The molecule has 0 bridgehead atoms. The molecule has 0 rings (SSSR count). The van der Waals surface area contributed by atoms with Crippen molar-refractivity contribution >= 4 is 0 Å². The summed E-state index contributed by atoms with van der Waals surface area (Å²) in [6.45, 7) is 23.9. The lowest BCUT2D eigenvalue weighted by molar-refractivity contribution is 0.215. The van der Waals surface area contributed by atoms with Crippen molar-refractivity contribution in [1.29, 1.82) is 0 Å². The lowest BCUT2D eigenvalue weighted by atomic mass is 9.72. The summed E-state index contributed by atoms with van der Waals surface area (Å²) >= 11 is 0. The number of rotatable bonds is 8. The molecule has 0 aliphatic rings. The first-order valence-electron chi connectivity index (χ1n) is 8.86. The van der Waals surface area contributed by atoms with E-state index in [-0.39, 0.29) is 0 Å². The highest BCUT2D eigenvalue weighted by molar-refractivity contribution is 5.16. The molecule has 0 aromatic carbocycles. The summed E-state index contributed by atoms with van der Waals surface area (Å²) in [7, 11) is 0. The summed E-state index contributed by atoms with van der Waals surface area (Å²) < 4.78 is 0. The average molecular weight is 281 g/mol. The van der Waals surface area contributed by atoms with Crippen LogP contribution >= 0.6 is 0 Å². The van der Waals surface area contributed by atoms with Crippen molar-refractivity contribution in [1.82, 2.24) is 0 Å². The van der Waals surface area contributed by atoms with Gasteiger partial charge >= 0.3 is 0 Å². The standard InChI is InChI=1S/C20H40/c1-11-14(5)16(7)17(8)18(9)19(10)20(12-2)15(6)13(3)4/h13-16,19-20H,11-12H2,1-10H3. The van der Waals surface area contributed by atoms with E-state index in [1.807, 2.05) is 0 Å². The smallest absolute Gasteiger partial charge is 0.0201 e. The molecule has 0 aliphatic heterocycles. The monoisotopic (exact) mass is 280 g/mol. The molecule has 0 N–H and O–H groups in total. The molecule has 0 aliphatic carbocycles. The minimum Gasteiger partial charge on any atom is -0.0710 e. The van der Waals surface area contributed by atoms with E-state index in [1.165, 1.54) is 12.8 Å². The van der Waals surface area contributed by atoms with E-state index < -0.39 is 0 Å². The van der Waals surface area contributed by atoms with Crippen molar-refractivity contribution < 1.29 is 0 Å². The van der Waals surface area contributed by atoms with Crippen molar-refractivity contribution in [3.05, 3.63) is 11.1 Å². The number of hydrogen-bond acceptors (Lipinski definition) is 0. The van der Waals surface area contributed by atoms with Crippen LogP contribution in [0.1, 0.15) is 82.1 Å². The Morgan fingerprint density at radius 2 is 1.15 bits per heavy atom. The van der Waals surface area contributed by atoms with Crippen LogP contribution in [0, 0.1) is 35.5 Å². The Hall–Kier alpha value is -0.260. The fourth-order valence-electron chi connectivity index (χ4n) is 3.49. The van der Waals surface area contributed by atoms with Gasteiger partial charge in [-0.1, -0.05) is 79.4 Å². The van der Waals surface area contributed by atoms with Gasteiger partial charge in [0.25, 0.3) is 0 Å². The third-order valence-corrected chi connectivity index (χ3v) is 6.33. The van der Waals surface area contributed by atoms with E-state index in [0.29, 0.717) is 11.8 Å². The maximum Gasteiger partial charge on any atom is -0.0201 e. The van der Waals surface area contributed by atoms with Crippen molar-refractivity contribution in [2.24, 2.45) is 35.5 Å². The predicted molar refractivity (Wildman–Crippen MR) is 93.9 cm³/mol. The fraction of sp³-hybridized carbons (Fsp3) is 0.900. The minimum atomic E-state index is 0.712. The summed E-state index contributed by atoms with van der Waals surface area (Å²) in [5.74, 6) is 4.62. The molecule has 0 heterocycles. The first kappa shape index (κ1) is 19.7. The summed E-state index contributed by atoms with van der Waals surface area (Å²) in [4.78, 5) is 0. The maximum atomic E-state index is 2.45. The summed E-state index contributed by atoms with van der Waals surface area (Å²) in [6.07, 6.45) is 2.57. The lowest BCUT2D eigenvalue weighted by Gasteiger charge is -2.34. The topological polar surface area (TPSA) is 0 Å². The molecule has 0 amide bonds. The SMILES string of the molecule is CCC(C)C(C)C(C)=C(C)C(C)C(CC)C(C)C(C)C. The highest BCUT2D eigenvalue weighted by Gasteiger charge is 2.27. The molecule has 0 heteroatoms. The van der Waals surface area contributed by atoms with Gasteiger partial charge in [-0.2, -0.15) is 0 Å². The zero-order valence-electron chi connectivity index (χ0n) is 15.9. The second kappa shape index (κ2) is 8.90. The van der Waals surface area contributed by atoms with Gasteiger partial charge < -0.3 is 0 Å². The van der Waals surface area contributed by atoms with Crippen LogP contribution in [0.25, 0.3) is 0 Å². The van der Waals surface area contributed by atoms with Crippen LogP contribution in [0.15, 0.2) is 11.1 Å². The number of allylic oxidation sites excluding steroid dienone is 2. The number of hydrogen-bond donors (Lipinski definition) is 0. The van der Waals surface area contributed by atoms with Gasteiger partial charge in [-0.25, -0.2) is 0 Å². The van der Waals surface area contributed by atoms with Crippen LogP contribution in [0.2, 0.25) is 0 Å². The predicted octanol–water partition coefficient (Wildman–Crippen LogP) is 6.96. The molecule has 5 atom stereocenters. The molecule has 0 fully saturated rings. The molecule has 0 nitrogen and oxygen atoms in total. The van der Waals surface area contributed by atoms with E-state index in [2.05, 4.69) is 69.2 Å². The van der Waals surface area contributed by atoms with Gasteiger partial charge in [0.05, 0.1) is 0 Å². The van der Waals surface area contributed by atoms with Crippen LogP contribution in [0.4, 0.5) is 0 Å². The van der Waals surface area contributed by atoms with E-state index in [4.69, 9.17) is 0 Å². The van der Waals surface area contributed by atoms with Gasteiger partial charge in [0.2, 0.25) is 0 Å². The van der Waals surface area contributed by atoms with E-state index in [1.54, 1.807) is 11.1 Å². The van der Waals surface area contributed by atoms with Crippen molar-refractivity contribution in [2.45, 2.75) is 82.1 Å². The van der Waals surface area contributed by atoms with Gasteiger partial charge in [-0.15, -0.1) is 0 Å². The minimum absolute atomic E-state index is 0.712. The molecular weight excluding hydrogens is 240 g/mol. The molecule has 0 radical (unpaired) electrons. The van der Waals surface area contributed by atoms with Crippen molar-refractivity contribution in [3.8, 4) is 0 Å². The summed E-state index contributed by atoms with van der Waals surface area (Å²) in [5, 5.41) is 0.